The number of fused-ring (bicyclic) bond motifs is 1. The van der Waals surface area contributed by atoms with Crippen LogP contribution < -0.4 is 0 Å². The summed E-state index contributed by atoms with van der Waals surface area (Å²) in [5, 5.41) is 0. The molecule has 2 aliphatic rings. The Kier molecular flexibility index (Phi) is 2.43. The van der Waals surface area contributed by atoms with Gasteiger partial charge >= 0.3 is 0 Å². The molecule has 0 N–H and O–H groups in total. The standard InChI is InChI=1S/C14H16FN/c15-14-5-3-4-11-10-12(6-7-13(11)14)16-8-1-2-9-16/h3-5,10H,1-2,6-9H2. The van der Waals surface area contributed by atoms with Gasteiger partial charge in [0.05, 0.1) is 0 Å². The molecule has 0 spiro atoms. The van der Waals surface area contributed by atoms with E-state index in [-0.39, 0.29) is 5.82 Å². The SMILES string of the molecule is Fc1cccc2c1CCC(N1CCCC1)=C2. The monoisotopic (exact) mass is 217 g/mol. The average molecular weight is 217 g/mol. The Labute approximate surface area is 95.6 Å². The second-order valence-electron chi connectivity index (χ2n) is 4.64. The molecule has 2 heteroatoms. The maximum atomic E-state index is 13.5. The first-order valence-electron chi connectivity index (χ1n) is 6.07. The van der Waals surface area contributed by atoms with Crippen molar-refractivity contribution < 1.29 is 4.39 Å². The molecule has 0 unspecified atom stereocenters. The van der Waals surface area contributed by atoms with Crippen LogP contribution in [0.1, 0.15) is 30.4 Å². The minimum atomic E-state index is -0.0470. The Balaban J connectivity index is 1.94. The van der Waals surface area contributed by atoms with Gasteiger partial charge in [0.25, 0.3) is 0 Å². The number of nitrogens with zero attached hydrogens (tertiary/aromatic N) is 1. The summed E-state index contributed by atoms with van der Waals surface area (Å²) in [4.78, 5) is 2.45. The third-order valence-electron chi connectivity index (χ3n) is 3.62. The zero-order valence-electron chi connectivity index (χ0n) is 9.38. The van der Waals surface area contributed by atoms with Crippen LogP contribution >= 0.6 is 0 Å². The predicted molar refractivity (Wildman–Crippen MR) is 63.5 cm³/mol. The van der Waals surface area contributed by atoms with Crippen molar-refractivity contribution in [3.05, 3.63) is 40.8 Å². The first-order chi connectivity index (χ1) is 7.84. The van der Waals surface area contributed by atoms with Crippen molar-refractivity contribution in [1.82, 2.24) is 4.90 Å². The Morgan fingerprint density at radius 2 is 1.88 bits per heavy atom. The largest absolute Gasteiger partial charge is 0.375 e. The molecule has 0 aromatic heterocycles. The molecule has 1 heterocycles. The zero-order chi connectivity index (χ0) is 11.0. The van der Waals surface area contributed by atoms with E-state index in [1.165, 1.54) is 31.6 Å². The highest BCUT2D eigenvalue weighted by Crippen LogP contribution is 2.29. The van der Waals surface area contributed by atoms with Gasteiger partial charge < -0.3 is 4.90 Å². The lowest BCUT2D eigenvalue weighted by molar-refractivity contribution is 0.409. The minimum Gasteiger partial charge on any atom is -0.375 e. The Morgan fingerprint density at radius 1 is 1.06 bits per heavy atom. The molecule has 1 fully saturated rings. The summed E-state index contributed by atoms with van der Waals surface area (Å²) in [5.41, 5.74) is 3.37. The molecule has 0 saturated carbocycles. The smallest absolute Gasteiger partial charge is 0.127 e. The highest BCUT2D eigenvalue weighted by atomic mass is 19.1. The summed E-state index contributed by atoms with van der Waals surface area (Å²) >= 11 is 0. The van der Waals surface area contributed by atoms with E-state index in [1.54, 1.807) is 12.1 Å². The average Bonchev–Trinajstić information content (AvgIpc) is 2.82. The number of halogens is 1. The maximum Gasteiger partial charge on any atom is 0.127 e. The van der Waals surface area contributed by atoms with Crippen LogP contribution in [-0.2, 0) is 6.42 Å². The van der Waals surface area contributed by atoms with Crippen LogP contribution in [0.25, 0.3) is 6.08 Å². The van der Waals surface area contributed by atoms with Crippen LogP contribution in [0.5, 0.6) is 0 Å². The van der Waals surface area contributed by atoms with Crippen molar-refractivity contribution >= 4 is 6.08 Å². The van der Waals surface area contributed by atoms with Gasteiger partial charge in [-0.05, 0) is 49.0 Å². The summed E-state index contributed by atoms with van der Waals surface area (Å²) in [6.07, 6.45) is 6.62. The molecular weight excluding hydrogens is 201 g/mol. The van der Waals surface area contributed by atoms with E-state index >= 15 is 0 Å². The Bertz CT molecular complexity index is 430. The first kappa shape index (κ1) is 9.88. The van der Waals surface area contributed by atoms with Crippen molar-refractivity contribution in [3.63, 3.8) is 0 Å². The lowest BCUT2D eigenvalue weighted by atomic mass is 9.94. The summed E-state index contributed by atoms with van der Waals surface area (Å²) < 4.78 is 13.5. The number of allylic oxidation sites excluding steroid dienone is 1. The van der Waals surface area contributed by atoms with Crippen molar-refractivity contribution in [2.45, 2.75) is 25.7 Å². The number of rotatable bonds is 1. The van der Waals surface area contributed by atoms with E-state index in [0.717, 1.165) is 24.0 Å². The fourth-order valence-corrected chi connectivity index (χ4v) is 2.73. The van der Waals surface area contributed by atoms with Gasteiger partial charge in [-0.25, -0.2) is 4.39 Å². The van der Waals surface area contributed by atoms with E-state index in [9.17, 15) is 4.39 Å². The molecule has 0 atom stereocenters. The summed E-state index contributed by atoms with van der Waals surface area (Å²) in [6.45, 7) is 2.35. The maximum absolute atomic E-state index is 13.5. The molecule has 0 amide bonds. The minimum absolute atomic E-state index is 0.0470. The van der Waals surface area contributed by atoms with Gasteiger partial charge in [-0.3, -0.25) is 0 Å². The molecular formula is C14H16FN. The van der Waals surface area contributed by atoms with Crippen molar-refractivity contribution in [3.8, 4) is 0 Å². The van der Waals surface area contributed by atoms with E-state index in [1.807, 2.05) is 6.07 Å². The van der Waals surface area contributed by atoms with Gasteiger partial charge in [-0.2, -0.15) is 0 Å². The lowest BCUT2D eigenvalue weighted by Crippen LogP contribution is -2.21. The van der Waals surface area contributed by atoms with Crippen molar-refractivity contribution in [2.75, 3.05) is 13.1 Å². The molecule has 0 bridgehead atoms. The second-order valence-corrected chi connectivity index (χ2v) is 4.64. The third kappa shape index (κ3) is 1.62. The molecule has 1 saturated heterocycles. The fourth-order valence-electron chi connectivity index (χ4n) is 2.73. The topological polar surface area (TPSA) is 3.24 Å². The number of hydrogen-bond acceptors (Lipinski definition) is 1. The van der Waals surface area contributed by atoms with Crippen molar-refractivity contribution in [2.24, 2.45) is 0 Å². The zero-order valence-corrected chi connectivity index (χ0v) is 9.38. The molecule has 0 radical (unpaired) electrons. The van der Waals surface area contributed by atoms with E-state index < -0.39 is 0 Å². The van der Waals surface area contributed by atoms with Gasteiger partial charge in [0, 0.05) is 18.8 Å². The highest BCUT2D eigenvalue weighted by Gasteiger charge is 2.19. The third-order valence-corrected chi connectivity index (χ3v) is 3.62. The molecule has 1 aliphatic heterocycles. The van der Waals surface area contributed by atoms with Gasteiger partial charge in [0.2, 0.25) is 0 Å². The van der Waals surface area contributed by atoms with Crippen LogP contribution in [0.3, 0.4) is 0 Å². The van der Waals surface area contributed by atoms with Crippen LogP contribution in [0.15, 0.2) is 23.9 Å². The summed E-state index contributed by atoms with van der Waals surface area (Å²) in [5.74, 6) is -0.0470. The van der Waals surface area contributed by atoms with Crippen LogP contribution in [0.2, 0.25) is 0 Å². The van der Waals surface area contributed by atoms with E-state index in [0.29, 0.717) is 0 Å². The fraction of sp³-hybridized carbons (Fsp3) is 0.429. The molecule has 1 aromatic carbocycles. The number of benzene rings is 1. The highest BCUT2D eigenvalue weighted by molar-refractivity contribution is 5.59. The molecule has 1 aromatic rings. The molecule has 3 rings (SSSR count). The number of likely N-dealkylation sites (tertiary alicyclic amines) is 1. The van der Waals surface area contributed by atoms with Gasteiger partial charge in [0.1, 0.15) is 5.82 Å². The summed E-state index contributed by atoms with van der Waals surface area (Å²) in [7, 11) is 0. The molecule has 1 nitrogen and oxygen atoms in total. The van der Waals surface area contributed by atoms with Gasteiger partial charge in [-0.15, -0.1) is 0 Å². The van der Waals surface area contributed by atoms with E-state index in [2.05, 4.69) is 11.0 Å². The second kappa shape index (κ2) is 3.93. The van der Waals surface area contributed by atoms with Gasteiger partial charge in [0.15, 0.2) is 0 Å². The first-order valence-corrected chi connectivity index (χ1v) is 6.07. The Morgan fingerprint density at radius 3 is 2.69 bits per heavy atom. The Hall–Kier alpha value is -1.31. The van der Waals surface area contributed by atoms with Crippen LogP contribution in [0, 0.1) is 5.82 Å². The molecule has 84 valence electrons. The summed E-state index contributed by atoms with van der Waals surface area (Å²) in [6, 6.07) is 5.39. The van der Waals surface area contributed by atoms with Crippen LogP contribution in [0.4, 0.5) is 4.39 Å². The van der Waals surface area contributed by atoms with E-state index in [4.69, 9.17) is 0 Å². The van der Waals surface area contributed by atoms with Crippen molar-refractivity contribution in [1.29, 1.82) is 0 Å². The van der Waals surface area contributed by atoms with Gasteiger partial charge in [-0.1, -0.05) is 12.1 Å². The quantitative estimate of drug-likeness (QED) is 0.698. The number of hydrogen-bond donors (Lipinski definition) is 0. The molecule has 1 aliphatic carbocycles. The normalized spacial score (nSPS) is 19.6. The molecule has 16 heavy (non-hydrogen) atoms. The predicted octanol–water partition coefficient (Wildman–Crippen LogP) is 3.21. The van der Waals surface area contributed by atoms with Crippen LogP contribution in [-0.4, -0.2) is 18.0 Å². The lowest BCUT2D eigenvalue weighted by Gasteiger charge is -2.25.